The van der Waals surface area contributed by atoms with Gasteiger partial charge in [0.05, 0.1) is 4.90 Å². The molecular weight excluding hydrogens is 351 g/mol. The Kier molecular flexibility index (Phi) is 6.06. The van der Waals surface area contributed by atoms with Gasteiger partial charge in [-0.15, -0.1) is 0 Å². The summed E-state index contributed by atoms with van der Waals surface area (Å²) in [6.07, 6.45) is 1.77. The molecule has 0 radical (unpaired) electrons. The summed E-state index contributed by atoms with van der Waals surface area (Å²) in [5, 5.41) is 0. The van der Waals surface area contributed by atoms with Gasteiger partial charge in [-0.3, -0.25) is 0 Å². The van der Waals surface area contributed by atoms with E-state index in [-0.39, 0.29) is 5.82 Å². The molecule has 0 spiro atoms. The van der Waals surface area contributed by atoms with Gasteiger partial charge in [0.15, 0.2) is 0 Å². The van der Waals surface area contributed by atoms with Crippen LogP contribution in [0.1, 0.15) is 17.5 Å². The van der Waals surface area contributed by atoms with E-state index in [9.17, 15) is 12.8 Å². The molecule has 1 heterocycles. The van der Waals surface area contributed by atoms with E-state index in [0.29, 0.717) is 18.0 Å². The van der Waals surface area contributed by atoms with Crippen molar-refractivity contribution < 1.29 is 12.8 Å². The van der Waals surface area contributed by atoms with Crippen molar-refractivity contribution in [2.24, 2.45) is 0 Å². The van der Waals surface area contributed by atoms with Crippen LogP contribution in [-0.4, -0.2) is 50.3 Å². The third kappa shape index (κ3) is 4.69. The van der Waals surface area contributed by atoms with Gasteiger partial charge in [0.25, 0.3) is 0 Å². The number of nitrogens with zero attached hydrogens (tertiary/aromatic N) is 2. The number of hydrogen-bond acceptors (Lipinski definition) is 3. The lowest BCUT2D eigenvalue weighted by Crippen LogP contribution is -2.48. The molecule has 0 atom stereocenters. The summed E-state index contributed by atoms with van der Waals surface area (Å²) in [6.45, 7) is 5.32. The summed E-state index contributed by atoms with van der Waals surface area (Å²) >= 11 is 0. The SMILES string of the molecule is Cc1ccc(S(=O)(=O)N2CCN(CCCc3cccc(F)c3)CC2)cc1. The van der Waals surface area contributed by atoms with E-state index in [0.717, 1.165) is 43.6 Å². The number of aryl methyl sites for hydroxylation is 2. The van der Waals surface area contributed by atoms with Crippen LogP contribution >= 0.6 is 0 Å². The largest absolute Gasteiger partial charge is 0.301 e. The van der Waals surface area contributed by atoms with Crippen LogP contribution in [0.4, 0.5) is 4.39 Å². The van der Waals surface area contributed by atoms with Crippen LogP contribution in [0, 0.1) is 12.7 Å². The van der Waals surface area contributed by atoms with Gasteiger partial charge < -0.3 is 4.90 Å². The van der Waals surface area contributed by atoms with Crippen molar-refractivity contribution >= 4 is 10.0 Å². The topological polar surface area (TPSA) is 40.6 Å². The van der Waals surface area contributed by atoms with Crippen LogP contribution in [0.25, 0.3) is 0 Å². The summed E-state index contributed by atoms with van der Waals surface area (Å²) in [5.74, 6) is -0.197. The summed E-state index contributed by atoms with van der Waals surface area (Å²) in [7, 11) is -3.41. The number of rotatable bonds is 6. The minimum absolute atomic E-state index is 0.197. The molecule has 6 heteroatoms. The minimum atomic E-state index is -3.41. The van der Waals surface area contributed by atoms with Gasteiger partial charge in [-0.05, 0) is 56.1 Å². The Hall–Kier alpha value is -1.76. The zero-order valence-electron chi connectivity index (χ0n) is 15.1. The Bertz CT molecular complexity index is 829. The molecule has 1 aliphatic rings. The third-order valence-electron chi connectivity index (χ3n) is 4.82. The van der Waals surface area contributed by atoms with Crippen LogP contribution in [0.5, 0.6) is 0 Å². The molecule has 1 aliphatic heterocycles. The molecule has 0 aromatic heterocycles. The number of hydrogen-bond donors (Lipinski definition) is 0. The molecule has 1 saturated heterocycles. The van der Waals surface area contributed by atoms with Gasteiger partial charge >= 0.3 is 0 Å². The molecule has 0 unspecified atom stereocenters. The summed E-state index contributed by atoms with van der Waals surface area (Å²) in [5.41, 5.74) is 2.05. The summed E-state index contributed by atoms with van der Waals surface area (Å²) in [6, 6.07) is 13.7. The van der Waals surface area contributed by atoms with Crippen LogP contribution < -0.4 is 0 Å². The van der Waals surface area contributed by atoms with Gasteiger partial charge in [0.1, 0.15) is 5.82 Å². The van der Waals surface area contributed by atoms with Gasteiger partial charge in [-0.25, -0.2) is 12.8 Å². The molecule has 0 bridgehead atoms. The molecule has 0 amide bonds. The van der Waals surface area contributed by atoms with Crippen molar-refractivity contribution in [2.45, 2.75) is 24.7 Å². The van der Waals surface area contributed by atoms with E-state index in [1.54, 1.807) is 28.6 Å². The van der Waals surface area contributed by atoms with E-state index >= 15 is 0 Å². The van der Waals surface area contributed by atoms with Gasteiger partial charge in [-0.2, -0.15) is 4.31 Å². The second-order valence-electron chi connectivity index (χ2n) is 6.79. The number of benzene rings is 2. The highest BCUT2D eigenvalue weighted by Crippen LogP contribution is 2.18. The molecule has 0 aliphatic carbocycles. The number of sulfonamides is 1. The zero-order chi connectivity index (χ0) is 18.6. The van der Waals surface area contributed by atoms with Crippen molar-refractivity contribution in [1.82, 2.24) is 9.21 Å². The lowest BCUT2D eigenvalue weighted by Gasteiger charge is -2.34. The fourth-order valence-electron chi connectivity index (χ4n) is 3.25. The van der Waals surface area contributed by atoms with Crippen LogP contribution in [0.3, 0.4) is 0 Å². The molecule has 4 nitrogen and oxygen atoms in total. The van der Waals surface area contributed by atoms with Gasteiger partial charge in [-0.1, -0.05) is 29.8 Å². The summed E-state index contributed by atoms with van der Waals surface area (Å²) < 4.78 is 40.2. The van der Waals surface area contributed by atoms with E-state index < -0.39 is 10.0 Å². The molecule has 2 aromatic carbocycles. The maximum atomic E-state index is 13.2. The molecule has 0 saturated carbocycles. The highest BCUT2D eigenvalue weighted by atomic mass is 32.2. The molecule has 3 rings (SSSR count). The molecule has 0 N–H and O–H groups in total. The molecule has 26 heavy (non-hydrogen) atoms. The fraction of sp³-hybridized carbons (Fsp3) is 0.400. The quantitative estimate of drug-likeness (QED) is 0.778. The normalized spacial score (nSPS) is 16.7. The molecule has 140 valence electrons. The second-order valence-corrected chi connectivity index (χ2v) is 8.73. The Balaban J connectivity index is 1.48. The van der Waals surface area contributed by atoms with Crippen LogP contribution in [0.15, 0.2) is 53.4 Å². The van der Waals surface area contributed by atoms with Crippen molar-refractivity contribution in [3.63, 3.8) is 0 Å². The summed E-state index contributed by atoms with van der Waals surface area (Å²) in [4.78, 5) is 2.64. The third-order valence-corrected chi connectivity index (χ3v) is 6.73. The average Bonchev–Trinajstić information content (AvgIpc) is 2.63. The maximum Gasteiger partial charge on any atom is 0.243 e. The fourth-order valence-corrected chi connectivity index (χ4v) is 4.67. The monoisotopic (exact) mass is 376 g/mol. The molecule has 1 fully saturated rings. The first-order valence-electron chi connectivity index (χ1n) is 8.99. The van der Waals surface area contributed by atoms with Crippen LogP contribution in [-0.2, 0) is 16.4 Å². The van der Waals surface area contributed by atoms with E-state index in [1.165, 1.54) is 6.07 Å². The lowest BCUT2D eigenvalue weighted by molar-refractivity contribution is 0.187. The minimum Gasteiger partial charge on any atom is -0.301 e. The maximum absolute atomic E-state index is 13.2. The molecular formula is C20H25FN2O2S. The smallest absolute Gasteiger partial charge is 0.243 e. The Morgan fingerprint density at radius 2 is 1.69 bits per heavy atom. The van der Waals surface area contributed by atoms with Crippen molar-refractivity contribution in [3.05, 3.63) is 65.5 Å². The number of halogens is 1. The first-order chi connectivity index (χ1) is 12.4. The second kappa shape index (κ2) is 8.29. The predicted molar refractivity (Wildman–Crippen MR) is 101 cm³/mol. The zero-order valence-corrected chi connectivity index (χ0v) is 15.9. The van der Waals surface area contributed by atoms with Crippen molar-refractivity contribution in [3.8, 4) is 0 Å². The Morgan fingerprint density at radius 1 is 1.00 bits per heavy atom. The van der Waals surface area contributed by atoms with Crippen molar-refractivity contribution in [1.29, 1.82) is 0 Å². The van der Waals surface area contributed by atoms with Crippen LogP contribution in [0.2, 0.25) is 0 Å². The van der Waals surface area contributed by atoms with Crippen molar-refractivity contribution in [2.75, 3.05) is 32.7 Å². The standard InChI is InChI=1S/C20H25FN2O2S/c1-17-7-9-20(10-8-17)26(24,25)23-14-12-22(13-15-23)11-3-5-18-4-2-6-19(21)16-18/h2,4,6-10,16H,3,5,11-15H2,1H3. The van der Waals surface area contributed by atoms with E-state index in [4.69, 9.17) is 0 Å². The first kappa shape index (κ1) is 19.0. The average molecular weight is 376 g/mol. The highest BCUT2D eigenvalue weighted by molar-refractivity contribution is 7.89. The first-order valence-corrected chi connectivity index (χ1v) is 10.4. The van der Waals surface area contributed by atoms with Gasteiger partial charge in [0.2, 0.25) is 10.0 Å². The molecule has 2 aromatic rings. The number of piperazine rings is 1. The highest BCUT2D eigenvalue weighted by Gasteiger charge is 2.28. The Morgan fingerprint density at radius 3 is 2.35 bits per heavy atom. The Labute approximate surface area is 155 Å². The lowest BCUT2D eigenvalue weighted by atomic mass is 10.1. The van der Waals surface area contributed by atoms with E-state index in [1.807, 2.05) is 25.1 Å². The predicted octanol–water partition coefficient (Wildman–Crippen LogP) is 3.07. The van der Waals surface area contributed by atoms with E-state index in [2.05, 4.69) is 4.90 Å². The van der Waals surface area contributed by atoms with Gasteiger partial charge in [0, 0.05) is 26.2 Å².